The van der Waals surface area contributed by atoms with Crippen molar-refractivity contribution in [3.05, 3.63) is 279 Å². The maximum Gasteiger partial charge on any atom is 0.0546 e. The van der Waals surface area contributed by atoms with E-state index in [2.05, 4.69) is 289 Å². The van der Waals surface area contributed by atoms with Crippen molar-refractivity contribution in [3.8, 4) is 72.4 Å². The number of hydrogen-bond acceptors (Lipinski definition) is 1. The maximum absolute atomic E-state index is 2.44. The summed E-state index contributed by atoms with van der Waals surface area (Å²) in [5.41, 5.74) is 20.9. The molecule has 12 aromatic rings. The molecule has 12 rings (SSSR count). The van der Waals surface area contributed by atoms with Crippen molar-refractivity contribution < 1.29 is 0 Å². The van der Waals surface area contributed by atoms with Gasteiger partial charge in [0.1, 0.15) is 0 Å². The SMILES string of the molecule is c1ccc(-c2cccc(-c3ccc(N(c4ccc(-c5ccccc5-n5c6ccccc6c6ccccc65)cc4)c4cccc(-c5ccccc5)c4-c4ccccc4-c4ccccc4)cc3)c2)cc1. The van der Waals surface area contributed by atoms with Gasteiger partial charge in [0.15, 0.2) is 0 Å². The van der Waals surface area contributed by atoms with Gasteiger partial charge < -0.3 is 9.47 Å². The average molecular weight is 867 g/mol. The molecule has 0 aliphatic carbocycles. The third-order valence-corrected chi connectivity index (χ3v) is 13.2. The van der Waals surface area contributed by atoms with Gasteiger partial charge >= 0.3 is 0 Å². The van der Waals surface area contributed by atoms with Crippen molar-refractivity contribution in [2.45, 2.75) is 0 Å². The van der Waals surface area contributed by atoms with Gasteiger partial charge in [0, 0.05) is 33.3 Å². The van der Waals surface area contributed by atoms with Crippen LogP contribution in [0.5, 0.6) is 0 Å². The lowest BCUT2D eigenvalue weighted by Gasteiger charge is -2.30. The highest BCUT2D eigenvalue weighted by Gasteiger charge is 2.23. The van der Waals surface area contributed by atoms with E-state index in [-0.39, 0.29) is 0 Å². The van der Waals surface area contributed by atoms with Crippen LogP contribution in [0.1, 0.15) is 0 Å². The number of rotatable bonds is 10. The van der Waals surface area contributed by atoms with Crippen molar-refractivity contribution >= 4 is 38.9 Å². The van der Waals surface area contributed by atoms with E-state index in [1.807, 2.05) is 0 Å². The van der Waals surface area contributed by atoms with Crippen LogP contribution in [0.25, 0.3) is 94.3 Å². The zero-order chi connectivity index (χ0) is 45.2. The van der Waals surface area contributed by atoms with Crippen molar-refractivity contribution in [2.75, 3.05) is 4.90 Å². The molecule has 0 aliphatic heterocycles. The van der Waals surface area contributed by atoms with Gasteiger partial charge in [-0.25, -0.2) is 0 Å². The molecular formula is C66H46N2. The van der Waals surface area contributed by atoms with Crippen LogP contribution < -0.4 is 4.90 Å². The highest BCUT2D eigenvalue weighted by atomic mass is 15.1. The lowest BCUT2D eigenvalue weighted by molar-refractivity contribution is 1.18. The number of aromatic nitrogens is 1. The quantitative estimate of drug-likeness (QED) is 0.133. The Morgan fingerprint density at radius 2 is 0.647 bits per heavy atom. The maximum atomic E-state index is 2.44. The van der Waals surface area contributed by atoms with E-state index in [4.69, 9.17) is 0 Å². The fourth-order valence-corrected chi connectivity index (χ4v) is 10.1. The molecule has 1 heterocycles. The van der Waals surface area contributed by atoms with Crippen molar-refractivity contribution in [2.24, 2.45) is 0 Å². The summed E-state index contributed by atoms with van der Waals surface area (Å²) in [4.78, 5) is 2.44. The first kappa shape index (κ1) is 40.5. The Hall–Kier alpha value is -8.98. The molecule has 320 valence electrons. The minimum Gasteiger partial charge on any atom is -0.310 e. The number of fused-ring (bicyclic) bond motifs is 3. The van der Waals surface area contributed by atoms with Gasteiger partial charge in [0.05, 0.1) is 22.4 Å². The highest BCUT2D eigenvalue weighted by molar-refractivity contribution is 6.10. The van der Waals surface area contributed by atoms with Gasteiger partial charge in [0.2, 0.25) is 0 Å². The third kappa shape index (κ3) is 7.45. The van der Waals surface area contributed by atoms with Crippen LogP contribution in [-0.2, 0) is 0 Å². The molecule has 0 atom stereocenters. The van der Waals surface area contributed by atoms with Crippen LogP contribution in [0.4, 0.5) is 17.1 Å². The fraction of sp³-hybridized carbons (Fsp3) is 0. The van der Waals surface area contributed by atoms with E-state index in [1.165, 1.54) is 71.9 Å². The Bertz CT molecular complexity index is 3650. The largest absolute Gasteiger partial charge is 0.310 e. The first-order valence-electron chi connectivity index (χ1n) is 23.3. The van der Waals surface area contributed by atoms with Crippen molar-refractivity contribution in [1.82, 2.24) is 4.57 Å². The number of para-hydroxylation sites is 3. The second-order valence-corrected chi connectivity index (χ2v) is 17.2. The summed E-state index contributed by atoms with van der Waals surface area (Å²) < 4.78 is 2.42. The molecule has 0 amide bonds. The van der Waals surface area contributed by atoms with Gasteiger partial charge in [-0.2, -0.15) is 0 Å². The fourth-order valence-electron chi connectivity index (χ4n) is 10.1. The van der Waals surface area contributed by atoms with Gasteiger partial charge in [0.25, 0.3) is 0 Å². The number of benzene rings is 11. The lowest BCUT2D eigenvalue weighted by Crippen LogP contribution is -2.12. The Labute approximate surface area is 397 Å². The molecule has 1 aromatic heterocycles. The number of hydrogen-bond donors (Lipinski definition) is 0. The first-order valence-corrected chi connectivity index (χ1v) is 23.3. The second-order valence-electron chi connectivity index (χ2n) is 17.2. The summed E-state index contributed by atoms with van der Waals surface area (Å²) in [7, 11) is 0. The summed E-state index contributed by atoms with van der Waals surface area (Å²) in [6, 6.07) is 101. The Balaban J connectivity index is 1.04. The predicted octanol–water partition coefficient (Wildman–Crippen LogP) is 18.3. The molecule has 11 aromatic carbocycles. The van der Waals surface area contributed by atoms with Crippen LogP contribution in [0.2, 0.25) is 0 Å². The van der Waals surface area contributed by atoms with Gasteiger partial charge in [-0.05, 0) is 110 Å². The van der Waals surface area contributed by atoms with Gasteiger partial charge in [-0.1, -0.05) is 224 Å². The number of nitrogens with zero attached hydrogens (tertiary/aromatic N) is 2. The van der Waals surface area contributed by atoms with Crippen LogP contribution in [-0.4, -0.2) is 4.57 Å². The second kappa shape index (κ2) is 17.8. The molecule has 2 nitrogen and oxygen atoms in total. The summed E-state index contributed by atoms with van der Waals surface area (Å²) in [5.74, 6) is 0. The standard InChI is InChI=1S/C66H46N2/c1-4-20-47(21-5-1)52-26-18-27-53(46-52)48-38-42-54(43-39-48)67(65-37-19-33-58(50-24-8-3-9-25-50)66(65)61-32-11-10-28-56(61)49-22-6-2-7-23-49)55-44-40-51(41-45-55)57-29-12-15-34-62(57)68-63-35-16-13-30-59(63)60-31-14-17-36-64(60)68/h1-46H. The molecular weight excluding hydrogens is 821 g/mol. The van der Waals surface area contributed by atoms with Crippen LogP contribution in [0.3, 0.4) is 0 Å². The van der Waals surface area contributed by atoms with Crippen LogP contribution >= 0.6 is 0 Å². The molecule has 0 radical (unpaired) electrons. The van der Waals surface area contributed by atoms with Gasteiger partial charge in [-0.15, -0.1) is 0 Å². The molecule has 0 unspecified atom stereocenters. The zero-order valence-electron chi connectivity index (χ0n) is 37.5. The molecule has 0 N–H and O–H groups in total. The predicted molar refractivity (Wildman–Crippen MR) is 288 cm³/mol. The third-order valence-electron chi connectivity index (χ3n) is 13.2. The average Bonchev–Trinajstić information content (AvgIpc) is 3.76. The monoisotopic (exact) mass is 866 g/mol. The molecule has 0 aliphatic rings. The topological polar surface area (TPSA) is 8.17 Å². The Morgan fingerprint density at radius 3 is 1.25 bits per heavy atom. The minimum absolute atomic E-state index is 1.06. The molecule has 0 bridgehead atoms. The van der Waals surface area contributed by atoms with E-state index >= 15 is 0 Å². The minimum atomic E-state index is 1.06. The number of anilines is 3. The molecule has 0 spiro atoms. The van der Waals surface area contributed by atoms with E-state index in [0.717, 1.165) is 39.4 Å². The normalized spacial score (nSPS) is 11.2. The summed E-state index contributed by atoms with van der Waals surface area (Å²) in [6.45, 7) is 0. The molecule has 68 heavy (non-hydrogen) atoms. The van der Waals surface area contributed by atoms with Crippen LogP contribution in [0, 0.1) is 0 Å². The van der Waals surface area contributed by atoms with E-state index < -0.39 is 0 Å². The van der Waals surface area contributed by atoms with E-state index in [1.54, 1.807) is 0 Å². The lowest BCUT2D eigenvalue weighted by atomic mass is 9.87. The smallest absolute Gasteiger partial charge is 0.0546 e. The highest BCUT2D eigenvalue weighted by Crippen LogP contribution is 2.48. The van der Waals surface area contributed by atoms with Crippen molar-refractivity contribution in [1.29, 1.82) is 0 Å². The summed E-state index contributed by atoms with van der Waals surface area (Å²) in [5, 5.41) is 2.50. The van der Waals surface area contributed by atoms with Crippen LogP contribution in [0.15, 0.2) is 279 Å². The molecule has 0 saturated heterocycles. The Kier molecular flexibility index (Phi) is 10.6. The first-order chi connectivity index (χ1) is 33.8. The molecule has 0 fully saturated rings. The summed E-state index contributed by atoms with van der Waals surface area (Å²) in [6.07, 6.45) is 0. The Morgan fingerprint density at radius 1 is 0.250 bits per heavy atom. The molecule has 0 saturated carbocycles. The molecule has 2 heteroatoms. The van der Waals surface area contributed by atoms with Crippen molar-refractivity contribution in [3.63, 3.8) is 0 Å². The van der Waals surface area contributed by atoms with Gasteiger partial charge in [-0.3, -0.25) is 0 Å². The summed E-state index contributed by atoms with van der Waals surface area (Å²) >= 11 is 0. The van der Waals surface area contributed by atoms with E-state index in [9.17, 15) is 0 Å². The van der Waals surface area contributed by atoms with E-state index in [0.29, 0.717) is 0 Å². The zero-order valence-corrected chi connectivity index (χ0v) is 37.5.